The molecule has 0 unspecified atom stereocenters. The molecule has 1 aliphatic rings. The quantitative estimate of drug-likeness (QED) is 0.863. The summed E-state index contributed by atoms with van der Waals surface area (Å²) in [5.41, 5.74) is 1.23. The maximum Gasteiger partial charge on any atom is 0.130 e. The number of rotatable bonds is 5. The predicted molar refractivity (Wildman–Crippen MR) is 66.0 cm³/mol. The standard InChI is InChI=1S/C11H16BrN3/c1-2-13-6-8-5-9(12)7-14-11(8)15-10-3-4-10/h5,7,10,13H,2-4,6H2,1H3,(H,14,15). The summed E-state index contributed by atoms with van der Waals surface area (Å²) < 4.78 is 1.04. The molecule has 1 aromatic rings. The number of halogens is 1. The van der Waals surface area contributed by atoms with Gasteiger partial charge in [0.2, 0.25) is 0 Å². The van der Waals surface area contributed by atoms with Crippen molar-refractivity contribution in [3.8, 4) is 0 Å². The van der Waals surface area contributed by atoms with Crippen LogP contribution in [0.4, 0.5) is 5.82 Å². The van der Waals surface area contributed by atoms with Gasteiger partial charge in [0, 0.05) is 28.8 Å². The first-order valence-electron chi connectivity index (χ1n) is 5.41. The van der Waals surface area contributed by atoms with Crippen molar-refractivity contribution in [1.29, 1.82) is 0 Å². The van der Waals surface area contributed by atoms with Gasteiger partial charge in [-0.05, 0) is 41.4 Å². The topological polar surface area (TPSA) is 37.0 Å². The van der Waals surface area contributed by atoms with E-state index in [1.165, 1.54) is 18.4 Å². The summed E-state index contributed by atoms with van der Waals surface area (Å²) in [7, 11) is 0. The second-order valence-electron chi connectivity index (χ2n) is 3.86. The molecule has 3 nitrogen and oxygen atoms in total. The van der Waals surface area contributed by atoms with Gasteiger partial charge in [-0.1, -0.05) is 6.92 Å². The fraction of sp³-hybridized carbons (Fsp3) is 0.545. The van der Waals surface area contributed by atoms with E-state index in [0.29, 0.717) is 6.04 Å². The fourth-order valence-corrected chi connectivity index (χ4v) is 1.81. The van der Waals surface area contributed by atoms with Crippen LogP contribution < -0.4 is 10.6 Å². The Bertz CT molecular complexity index is 337. The van der Waals surface area contributed by atoms with Gasteiger partial charge in [-0.15, -0.1) is 0 Å². The zero-order valence-electron chi connectivity index (χ0n) is 8.89. The monoisotopic (exact) mass is 269 g/mol. The molecule has 0 bridgehead atoms. The van der Waals surface area contributed by atoms with Crippen molar-refractivity contribution in [1.82, 2.24) is 10.3 Å². The van der Waals surface area contributed by atoms with E-state index in [1.54, 1.807) is 0 Å². The number of nitrogens with zero attached hydrogens (tertiary/aromatic N) is 1. The van der Waals surface area contributed by atoms with Gasteiger partial charge in [0.25, 0.3) is 0 Å². The Hall–Kier alpha value is -0.610. The van der Waals surface area contributed by atoms with Gasteiger partial charge in [0.1, 0.15) is 5.82 Å². The molecule has 15 heavy (non-hydrogen) atoms. The molecule has 1 heterocycles. The van der Waals surface area contributed by atoms with Crippen LogP contribution >= 0.6 is 15.9 Å². The summed E-state index contributed by atoms with van der Waals surface area (Å²) >= 11 is 3.45. The SMILES string of the molecule is CCNCc1cc(Br)cnc1NC1CC1. The van der Waals surface area contributed by atoms with Gasteiger partial charge in [0.15, 0.2) is 0 Å². The van der Waals surface area contributed by atoms with E-state index >= 15 is 0 Å². The Labute approximate surface area is 98.8 Å². The van der Waals surface area contributed by atoms with Crippen molar-refractivity contribution in [3.63, 3.8) is 0 Å². The molecule has 1 fully saturated rings. The lowest BCUT2D eigenvalue weighted by Gasteiger charge is -2.10. The lowest BCUT2D eigenvalue weighted by molar-refractivity contribution is 0.724. The minimum absolute atomic E-state index is 0.652. The minimum Gasteiger partial charge on any atom is -0.367 e. The van der Waals surface area contributed by atoms with Gasteiger partial charge >= 0.3 is 0 Å². The van der Waals surface area contributed by atoms with Crippen molar-refractivity contribution in [3.05, 3.63) is 22.3 Å². The minimum atomic E-state index is 0.652. The third-order valence-corrected chi connectivity index (χ3v) is 2.85. The number of hydrogen-bond donors (Lipinski definition) is 2. The van der Waals surface area contributed by atoms with Crippen molar-refractivity contribution in [2.75, 3.05) is 11.9 Å². The van der Waals surface area contributed by atoms with Crippen LogP contribution in [0.2, 0.25) is 0 Å². The molecule has 1 aromatic heterocycles. The summed E-state index contributed by atoms with van der Waals surface area (Å²) in [6.07, 6.45) is 4.40. The average molecular weight is 270 g/mol. The van der Waals surface area contributed by atoms with E-state index in [-0.39, 0.29) is 0 Å². The first kappa shape index (κ1) is 10.9. The van der Waals surface area contributed by atoms with Crippen LogP contribution in [0.5, 0.6) is 0 Å². The highest BCUT2D eigenvalue weighted by Gasteiger charge is 2.22. The lowest BCUT2D eigenvalue weighted by atomic mass is 10.2. The Kier molecular flexibility index (Phi) is 3.59. The number of anilines is 1. The normalized spacial score (nSPS) is 15.3. The Morgan fingerprint density at radius 3 is 3.00 bits per heavy atom. The third-order valence-electron chi connectivity index (χ3n) is 2.42. The first-order chi connectivity index (χ1) is 7.29. The van der Waals surface area contributed by atoms with Crippen LogP contribution in [0.15, 0.2) is 16.7 Å². The molecule has 0 saturated heterocycles. The predicted octanol–water partition coefficient (Wildman–Crippen LogP) is 2.53. The van der Waals surface area contributed by atoms with Crippen molar-refractivity contribution >= 4 is 21.7 Å². The largest absolute Gasteiger partial charge is 0.367 e. The molecule has 4 heteroatoms. The summed E-state index contributed by atoms with van der Waals surface area (Å²) in [6.45, 7) is 3.97. The summed E-state index contributed by atoms with van der Waals surface area (Å²) in [6, 6.07) is 2.78. The fourth-order valence-electron chi connectivity index (χ4n) is 1.43. The van der Waals surface area contributed by atoms with Gasteiger partial charge in [-0.25, -0.2) is 4.98 Å². The Morgan fingerprint density at radius 2 is 2.33 bits per heavy atom. The van der Waals surface area contributed by atoms with Gasteiger partial charge in [0.05, 0.1) is 0 Å². The molecule has 0 atom stereocenters. The zero-order chi connectivity index (χ0) is 10.7. The van der Waals surface area contributed by atoms with Crippen LogP contribution in [-0.4, -0.2) is 17.6 Å². The lowest BCUT2D eigenvalue weighted by Crippen LogP contribution is -2.15. The highest BCUT2D eigenvalue weighted by Crippen LogP contribution is 2.26. The molecular weight excluding hydrogens is 254 g/mol. The molecule has 82 valence electrons. The second kappa shape index (κ2) is 4.94. The average Bonchev–Trinajstić information content (AvgIpc) is 3.02. The molecule has 2 rings (SSSR count). The van der Waals surface area contributed by atoms with Crippen molar-refractivity contribution in [2.45, 2.75) is 32.4 Å². The zero-order valence-corrected chi connectivity index (χ0v) is 10.5. The number of nitrogens with one attached hydrogen (secondary N) is 2. The molecule has 0 aliphatic heterocycles. The summed E-state index contributed by atoms with van der Waals surface area (Å²) in [5.74, 6) is 1.03. The maximum atomic E-state index is 4.41. The first-order valence-corrected chi connectivity index (χ1v) is 6.20. The molecule has 0 radical (unpaired) electrons. The van der Waals surface area contributed by atoms with Gasteiger partial charge in [-0.3, -0.25) is 0 Å². The Balaban J connectivity index is 2.10. The van der Waals surface area contributed by atoms with Gasteiger partial charge in [-0.2, -0.15) is 0 Å². The highest BCUT2D eigenvalue weighted by atomic mass is 79.9. The van der Waals surface area contributed by atoms with E-state index < -0.39 is 0 Å². The highest BCUT2D eigenvalue weighted by molar-refractivity contribution is 9.10. The molecule has 1 aliphatic carbocycles. The van der Waals surface area contributed by atoms with E-state index in [0.717, 1.165) is 23.4 Å². The van der Waals surface area contributed by atoms with Crippen molar-refractivity contribution in [2.24, 2.45) is 0 Å². The maximum absolute atomic E-state index is 4.41. The molecule has 0 aromatic carbocycles. The van der Waals surface area contributed by atoms with Crippen LogP contribution in [0.25, 0.3) is 0 Å². The molecule has 1 saturated carbocycles. The van der Waals surface area contributed by atoms with Crippen LogP contribution in [-0.2, 0) is 6.54 Å². The number of hydrogen-bond acceptors (Lipinski definition) is 3. The van der Waals surface area contributed by atoms with Gasteiger partial charge < -0.3 is 10.6 Å². The number of pyridine rings is 1. The molecular formula is C11H16BrN3. The van der Waals surface area contributed by atoms with Crippen LogP contribution in [0.1, 0.15) is 25.3 Å². The Morgan fingerprint density at radius 1 is 1.53 bits per heavy atom. The van der Waals surface area contributed by atoms with Crippen molar-refractivity contribution < 1.29 is 0 Å². The number of aromatic nitrogens is 1. The smallest absolute Gasteiger partial charge is 0.130 e. The van der Waals surface area contributed by atoms with E-state index in [9.17, 15) is 0 Å². The van der Waals surface area contributed by atoms with E-state index in [1.807, 2.05) is 6.20 Å². The third kappa shape index (κ3) is 3.18. The second-order valence-corrected chi connectivity index (χ2v) is 4.78. The summed E-state index contributed by atoms with van der Waals surface area (Å²) in [5, 5.41) is 6.77. The van der Waals surface area contributed by atoms with E-state index in [2.05, 4.69) is 44.5 Å². The molecule has 0 spiro atoms. The molecule has 0 amide bonds. The van der Waals surface area contributed by atoms with Crippen LogP contribution in [0.3, 0.4) is 0 Å². The summed E-state index contributed by atoms with van der Waals surface area (Å²) in [4.78, 5) is 4.41. The van der Waals surface area contributed by atoms with E-state index in [4.69, 9.17) is 0 Å². The van der Waals surface area contributed by atoms with Crippen LogP contribution in [0, 0.1) is 0 Å². The molecule has 2 N–H and O–H groups in total.